The molecule has 154 valence electrons. The molecule has 4 aliphatic rings. The summed E-state index contributed by atoms with van der Waals surface area (Å²) in [6.45, 7) is 2.49. The summed E-state index contributed by atoms with van der Waals surface area (Å²) in [5, 5.41) is 4.05. The second-order valence-corrected chi connectivity index (χ2v) is 10.6. The van der Waals surface area contributed by atoms with Gasteiger partial charge in [0.2, 0.25) is 5.82 Å². The van der Waals surface area contributed by atoms with Gasteiger partial charge in [-0.1, -0.05) is 33.2 Å². The summed E-state index contributed by atoms with van der Waals surface area (Å²) in [6.07, 6.45) is 6.41. The van der Waals surface area contributed by atoms with Crippen LogP contribution in [0.15, 0.2) is 28.8 Å². The molecule has 6 rings (SSSR count). The van der Waals surface area contributed by atoms with Gasteiger partial charge in [-0.05, 0) is 69.4 Å². The summed E-state index contributed by atoms with van der Waals surface area (Å²) < 4.78 is 16.8. The molecule has 0 saturated heterocycles. The molecular weight excluding hydrogens is 436 g/mol. The monoisotopic (exact) mass is 460 g/mol. The molecule has 1 heterocycles. The van der Waals surface area contributed by atoms with E-state index in [2.05, 4.69) is 26.1 Å². The number of nitrogens with zero attached hydrogens (tertiary/aromatic N) is 2. The van der Waals surface area contributed by atoms with Gasteiger partial charge in [-0.3, -0.25) is 4.79 Å². The molecule has 1 aromatic carbocycles. The Hall–Kier alpha value is -1.89. The lowest BCUT2D eigenvalue weighted by Gasteiger charge is -2.58. The number of rotatable bonds is 6. The predicted octanol–water partition coefficient (Wildman–Crippen LogP) is 4.91. The Morgan fingerprint density at radius 2 is 2.00 bits per heavy atom. The molecule has 2 unspecified atom stereocenters. The molecular formula is C22H25BrN2O4. The first-order valence-corrected chi connectivity index (χ1v) is 11.2. The second kappa shape index (κ2) is 7.11. The van der Waals surface area contributed by atoms with E-state index in [9.17, 15) is 4.79 Å². The Balaban J connectivity index is 1.28. The first kappa shape index (κ1) is 19.1. The quantitative estimate of drug-likeness (QED) is 0.450. The molecule has 0 radical (unpaired) electrons. The maximum absolute atomic E-state index is 13.1. The molecule has 1 aromatic heterocycles. The molecule has 2 atom stereocenters. The van der Waals surface area contributed by atoms with Gasteiger partial charge in [-0.2, -0.15) is 4.98 Å². The highest BCUT2D eigenvalue weighted by Gasteiger charge is 2.60. The zero-order chi connectivity index (χ0) is 20.1. The van der Waals surface area contributed by atoms with Crippen LogP contribution in [0, 0.1) is 17.3 Å². The predicted molar refractivity (Wildman–Crippen MR) is 109 cm³/mol. The Labute approximate surface area is 178 Å². The van der Waals surface area contributed by atoms with Crippen molar-refractivity contribution in [3.05, 3.63) is 30.2 Å². The lowest BCUT2D eigenvalue weighted by Crippen LogP contribution is -2.56. The van der Waals surface area contributed by atoms with Crippen LogP contribution in [-0.2, 0) is 16.1 Å². The van der Waals surface area contributed by atoms with Gasteiger partial charge in [0, 0.05) is 4.32 Å². The molecule has 2 aromatic rings. The molecule has 0 amide bonds. The highest BCUT2D eigenvalue weighted by Crippen LogP contribution is 2.64. The fourth-order valence-electron chi connectivity index (χ4n) is 6.03. The zero-order valence-corrected chi connectivity index (χ0v) is 18.1. The number of carbonyl (C=O) groups is 1. The minimum Gasteiger partial charge on any atom is -0.493 e. The van der Waals surface area contributed by atoms with Crippen LogP contribution >= 0.6 is 15.9 Å². The van der Waals surface area contributed by atoms with Crippen LogP contribution in [-0.4, -0.2) is 27.0 Å². The van der Waals surface area contributed by atoms with Crippen molar-refractivity contribution in [2.24, 2.45) is 17.3 Å². The van der Waals surface area contributed by atoms with Gasteiger partial charge in [0.25, 0.3) is 5.89 Å². The number of hydrogen-bond acceptors (Lipinski definition) is 6. The Morgan fingerprint density at radius 3 is 2.72 bits per heavy atom. The molecule has 4 bridgehead atoms. The lowest BCUT2D eigenvalue weighted by molar-refractivity contribution is -0.171. The van der Waals surface area contributed by atoms with Gasteiger partial charge in [-0.25, -0.2) is 0 Å². The molecule has 4 saturated carbocycles. The summed E-state index contributed by atoms with van der Waals surface area (Å²) in [4.78, 5) is 17.5. The third-order valence-electron chi connectivity index (χ3n) is 6.65. The van der Waals surface area contributed by atoms with E-state index in [0.29, 0.717) is 35.9 Å². The zero-order valence-electron chi connectivity index (χ0n) is 16.5. The van der Waals surface area contributed by atoms with Crippen LogP contribution in [0.4, 0.5) is 0 Å². The lowest BCUT2D eigenvalue weighted by atomic mass is 9.49. The molecule has 6 nitrogen and oxygen atoms in total. The standard InChI is InChI=1S/C22H25BrN2O4/c1-2-27-17-6-4-3-5-16(17)19-24-18(29-25-19)12-28-20(26)21-8-14-7-15(9-21)11-22(23,10-14)13-21/h3-6,14-15H,2,7-13H2,1H3. The van der Waals surface area contributed by atoms with Crippen molar-refractivity contribution in [3.63, 3.8) is 0 Å². The molecule has 4 aliphatic carbocycles. The van der Waals surface area contributed by atoms with Gasteiger partial charge in [0.1, 0.15) is 5.75 Å². The molecule has 29 heavy (non-hydrogen) atoms. The fraction of sp³-hybridized carbons (Fsp3) is 0.591. The average Bonchev–Trinajstić information content (AvgIpc) is 3.13. The summed E-state index contributed by atoms with van der Waals surface area (Å²) >= 11 is 3.95. The van der Waals surface area contributed by atoms with E-state index in [1.54, 1.807) is 0 Å². The maximum Gasteiger partial charge on any atom is 0.312 e. The first-order chi connectivity index (χ1) is 14.0. The first-order valence-electron chi connectivity index (χ1n) is 10.4. The normalized spacial score (nSPS) is 32.3. The summed E-state index contributed by atoms with van der Waals surface area (Å²) in [5.74, 6) is 2.61. The van der Waals surface area contributed by atoms with E-state index in [4.69, 9.17) is 14.0 Å². The van der Waals surface area contributed by atoms with Crippen LogP contribution in [0.5, 0.6) is 5.75 Å². The van der Waals surface area contributed by atoms with E-state index >= 15 is 0 Å². The SMILES string of the molecule is CCOc1ccccc1-c1noc(COC(=O)C23CC4CC(CC(Br)(C4)C2)C3)n1. The van der Waals surface area contributed by atoms with Gasteiger partial charge >= 0.3 is 5.97 Å². The number of aromatic nitrogens is 2. The molecule has 7 heteroatoms. The minimum atomic E-state index is -0.349. The van der Waals surface area contributed by atoms with Crippen molar-refractivity contribution in [1.29, 1.82) is 0 Å². The van der Waals surface area contributed by atoms with Crippen LogP contribution in [0.2, 0.25) is 0 Å². The number of para-hydroxylation sites is 1. The number of alkyl halides is 1. The van der Waals surface area contributed by atoms with E-state index in [0.717, 1.165) is 24.8 Å². The molecule has 0 aliphatic heterocycles. The number of carbonyl (C=O) groups excluding carboxylic acids is 1. The Kier molecular flexibility index (Phi) is 4.68. The van der Waals surface area contributed by atoms with E-state index < -0.39 is 0 Å². The van der Waals surface area contributed by atoms with Crippen molar-refractivity contribution in [3.8, 4) is 17.1 Å². The number of benzene rings is 1. The summed E-state index contributed by atoms with van der Waals surface area (Å²) in [6, 6.07) is 7.56. The number of ether oxygens (including phenoxy) is 2. The van der Waals surface area contributed by atoms with Crippen molar-refractivity contribution in [2.45, 2.75) is 56.4 Å². The number of hydrogen-bond donors (Lipinski definition) is 0. The smallest absolute Gasteiger partial charge is 0.312 e. The summed E-state index contributed by atoms with van der Waals surface area (Å²) in [7, 11) is 0. The van der Waals surface area contributed by atoms with Gasteiger partial charge < -0.3 is 14.0 Å². The number of esters is 1. The van der Waals surface area contributed by atoms with E-state index in [1.165, 1.54) is 19.3 Å². The topological polar surface area (TPSA) is 74.5 Å². The Bertz CT molecular complexity index is 913. The maximum atomic E-state index is 13.1. The average molecular weight is 461 g/mol. The molecule has 4 fully saturated rings. The van der Waals surface area contributed by atoms with Crippen LogP contribution < -0.4 is 4.74 Å². The van der Waals surface area contributed by atoms with Crippen molar-refractivity contribution in [2.75, 3.05) is 6.61 Å². The Morgan fingerprint density at radius 1 is 1.24 bits per heavy atom. The highest BCUT2D eigenvalue weighted by molar-refractivity contribution is 9.10. The molecule has 0 N–H and O–H groups in total. The summed E-state index contributed by atoms with van der Waals surface area (Å²) in [5.41, 5.74) is 0.413. The van der Waals surface area contributed by atoms with Crippen molar-refractivity contribution < 1.29 is 18.8 Å². The van der Waals surface area contributed by atoms with Crippen LogP contribution in [0.3, 0.4) is 0 Å². The highest BCUT2D eigenvalue weighted by atomic mass is 79.9. The third-order valence-corrected chi connectivity index (χ3v) is 7.57. The van der Waals surface area contributed by atoms with Crippen LogP contribution in [0.25, 0.3) is 11.4 Å². The van der Waals surface area contributed by atoms with Crippen molar-refractivity contribution >= 4 is 21.9 Å². The van der Waals surface area contributed by atoms with Crippen LogP contribution in [0.1, 0.15) is 51.3 Å². The van der Waals surface area contributed by atoms with Gasteiger partial charge in [-0.15, -0.1) is 0 Å². The molecule has 0 spiro atoms. The van der Waals surface area contributed by atoms with Gasteiger partial charge in [0.15, 0.2) is 6.61 Å². The van der Waals surface area contributed by atoms with E-state index in [1.807, 2.05) is 31.2 Å². The third kappa shape index (κ3) is 3.47. The minimum absolute atomic E-state index is 0.00893. The van der Waals surface area contributed by atoms with Crippen molar-refractivity contribution in [1.82, 2.24) is 10.1 Å². The van der Waals surface area contributed by atoms with Gasteiger partial charge in [0.05, 0.1) is 17.6 Å². The largest absolute Gasteiger partial charge is 0.493 e. The fourth-order valence-corrected chi connectivity index (χ4v) is 7.48. The number of halogens is 1. The second-order valence-electron chi connectivity index (χ2n) is 8.91. The van der Waals surface area contributed by atoms with E-state index in [-0.39, 0.29) is 22.3 Å².